The molecule has 0 heteroatoms. The largest absolute Gasteiger partial charge is 0.0654 e. The topological polar surface area (TPSA) is 0 Å². The molecule has 1 aromatic rings. The number of aryl methyl sites for hydroxylation is 2. The third-order valence-corrected chi connectivity index (χ3v) is 2.20. The molecule has 0 aliphatic carbocycles. The summed E-state index contributed by atoms with van der Waals surface area (Å²) in [5, 5.41) is 0. The zero-order chi connectivity index (χ0) is 10.8. The summed E-state index contributed by atoms with van der Waals surface area (Å²) < 4.78 is 0. The van der Waals surface area contributed by atoms with Crippen molar-refractivity contribution in [1.29, 1.82) is 0 Å². The second-order valence-corrected chi connectivity index (χ2v) is 3.70. The highest BCUT2D eigenvalue weighted by Gasteiger charge is 1.85. The first-order valence-electron chi connectivity index (χ1n) is 5.80. The molecule has 0 saturated carbocycles. The lowest BCUT2D eigenvalue weighted by Crippen LogP contribution is -1.78. The van der Waals surface area contributed by atoms with Crippen molar-refractivity contribution in [3.63, 3.8) is 0 Å². The van der Waals surface area contributed by atoms with Crippen molar-refractivity contribution < 1.29 is 0 Å². The van der Waals surface area contributed by atoms with Gasteiger partial charge < -0.3 is 0 Å². The van der Waals surface area contributed by atoms with Crippen LogP contribution in [0.4, 0.5) is 0 Å². The van der Waals surface area contributed by atoms with Gasteiger partial charge in [-0.15, -0.1) is 0 Å². The van der Waals surface area contributed by atoms with Crippen LogP contribution in [0.15, 0.2) is 24.3 Å². The van der Waals surface area contributed by atoms with Gasteiger partial charge in [0.25, 0.3) is 0 Å². The van der Waals surface area contributed by atoms with Crippen molar-refractivity contribution in [2.75, 3.05) is 0 Å². The lowest BCUT2D eigenvalue weighted by Gasteiger charge is -1.95. The second-order valence-electron chi connectivity index (χ2n) is 3.70. The van der Waals surface area contributed by atoms with Crippen molar-refractivity contribution in [2.45, 2.75) is 53.4 Å². The van der Waals surface area contributed by atoms with E-state index >= 15 is 0 Å². The highest BCUT2D eigenvalue weighted by Crippen LogP contribution is 2.03. The van der Waals surface area contributed by atoms with E-state index in [0.29, 0.717) is 0 Å². The molecule has 80 valence electrons. The van der Waals surface area contributed by atoms with Crippen molar-refractivity contribution in [2.24, 2.45) is 0 Å². The minimum absolute atomic E-state index is 1.14. The van der Waals surface area contributed by atoms with Gasteiger partial charge in [0.15, 0.2) is 0 Å². The van der Waals surface area contributed by atoms with Crippen LogP contribution in [0.2, 0.25) is 0 Å². The van der Waals surface area contributed by atoms with Crippen molar-refractivity contribution in [3.8, 4) is 0 Å². The molecule has 0 heterocycles. The number of benzene rings is 1. The molecule has 14 heavy (non-hydrogen) atoms. The van der Waals surface area contributed by atoms with Crippen LogP contribution in [-0.4, -0.2) is 0 Å². The van der Waals surface area contributed by atoms with Gasteiger partial charge in [-0.05, 0) is 18.9 Å². The lowest BCUT2D eigenvalue weighted by atomic mass is 10.1. The monoisotopic (exact) mass is 192 g/mol. The number of unbranched alkanes of at least 4 members (excludes halogenated alkanes) is 2. The van der Waals surface area contributed by atoms with E-state index in [2.05, 4.69) is 52.0 Å². The minimum atomic E-state index is 1.14. The molecule has 0 fully saturated rings. The maximum Gasteiger partial charge on any atom is -0.0307 e. The standard InChI is InChI=1S/C9H12.C5H12/c1-3-9-6-4-5-8(2)7-9;1-3-5-4-2/h4-7H,3H2,1-2H3;3-5H2,1-2H3. The Hall–Kier alpha value is -0.780. The first-order valence-corrected chi connectivity index (χ1v) is 5.80. The normalized spacial score (nSPS) is 9.14. The maximum absolute atomic E-state index is 2.22. The Morgan fingerprint density at radius 1 is 1.00 bits per heavy atom. The van der Waals surface area contributed by atoms with Crippen LogP contribution >= 0.6 is 0 Å². The number of hydrogen-bond donors (Lipinski definition) is 0. The predicted octanol–water partition coefficient (Wildman–Crippen LogP) is 4.75. The van der Waals surface area contributed by atoms with Gasteiger partial charge in [0.1, 0.15) is 0 Å². The van der Waals surface area contributed by atoms with Crippen LogP contribution in [0.5, 0.6) is 0 Å². The van der Waals surface area contributed by atoms with E-state index in [1.165, 1.54) is 30.4 Å². The van der Waals surface area contributed by atoms with Gasteiger partial charge in [0.2, 0.25) is 0 Å². The third-order valence-electron chi connectivity index (χ3n) is 2.20. The summed E-state index contributed by atoms with van der Waals surface area (Å²) >= 11 is 0. The fourth-order valence-corrected chi connectivity index (χ4v) is 1.29. The molecular weight excluding hydrogens is 168 g/mol. The van der Waals surface area contributed by atoms with Gasteiger partial charge in [-0.1, -0.05) is 69.9 Å². The Labute approximate surface area is 89.4 Å². The zero-order valence-corrected chi connectivity index (χ0v) is 10.1. The van der Waals surface area contributed by atoms with E-state index in [0.717, 1.165) is 6.42 Å². The predicted molar refractivity (Wildman–Crippen MR) is 65.8 cm³/mol. The molecule has 0 atom stereocenters. The summed E-state index contributed by atoms with van der Waals surface area (Å²) in [6.45, 7) is 8.72. The van der Waals surface area contributed by atoms with Gasteiger partial charge in [-0.2, -0.15) is 0 Å². The first-order chi connectivity index (χ1) is 6.74. The Morgan fingerprint density at radius 3 is 1.93 bits per heavy atom. The summed E-state index contributed by atoms with van der Waals surface area (Å²) in [7, 11) is 0. The molecule has 1 rings (SSSR count). The Bertz CT molecular complexity index is 223. The third kappa shape index (κ3) is 6.71. The Kier molecular flexibility index (Phi) is 8.31. The van der Waals surface area contributed by atoms with Crippen molar-refractivity contribution >= 4 is 0 Å². The average molecular weight is 192 g/mol. The summed E-state index contributed by atoms with van der Waals surface area (Å²) in [6, 6.07) is 8.61. The molecule has 0 aliphatic rings. The van der Waals surface area contributed by atoms with Crippen LogP contribution in [0, 0.1) is 6.92 Å². The van der Waals surface area contributed by atoms with E-state index in [1.54, 1.807) is 0 Å². The summed E-state index contributed by atoms with van der Waals surface area (Å²) in [5.74, 6) is 0. The zero-order valence-electron chi connectivity index (χ0n) is 10.1. The van der Waals surface area contributed by atoms with Crippen molar-refractivity contribution in [1.82, 2.24) is 0 Å². The van der Waals surface area contributed by atoms with Gasteiger partial charge in [-0.3, -0.25) is 0 Å². The molecule has 0 amide bonds. The quantitative estimate of drug-likeness (QED) is 0.648. The molecule has 0 nitrogen and oxygen atoms in total. The van der Waals surface area contributed by atoms with Crippen LogP contribution < -0.4 is 0 Å². The molecule has 0 N–H and O–H groups in total. The van der Waals surface area contributed by atoms with Gasteiger partial charge >= 0.3 is 0 Å². The Balaban J connectivity index is 0.000000292. The van der Waals surface area contributed by atoms with Gasteiger partial charge in [0.05, 0.1) is 0 Å². The fourth-order valence-electron chi connectivity index (χ4n) is 1.29. The Morgan fingerprint density at radius 2 is 1.64 bits per heavy atom. The van der Waals surface area contributed by atoms with E-state index in [-0.39, 0.29) is 0 Å². The van der Waals surface area contributed by atoms with Crippen LogP contribution in [0.25, 0.3) is 0 Å². The van der Waals surface area contributed by atoms with Crippen LogP contribution in [0.3, 0.4) is 0 Å². The molecular formula is C14H24. The average Bonchev–Trinajstić information content (AvgIpc) is 2.20. The van der Waals surface area contributed by atoms with Gasteiger partial charge in [-0.25, -0.2) is 0 Å². The smallest absolute Gasteiger partial charge is 0.0307 e. The van der Waals surface area contributed by atoms with Crippen LogP contribution in [-0.2, 0) is 6.42 Å². The van der Waals surface area contributed by atoms with Gasteiger partial charge in [0, 0.05) is 0 Å². The molecule has 0 radical (unpaired) electrons. The maximum atomic E-state index is 2.22. The first kappa shape index (κ1) is 13.2. The SMILES string of the molecule is CCCCC.CCc1cccc(C)c1. The second kappa shape index (κ2) is 8.80. The molecule has 1 aromatic carbocycles. The molecule has 0 spiro atoms. The summed E-state index contributed by atoms with van der Waals surface area (Å²) in [5.41, 5.74) is 2.78. The summed E-state index contributed by atoms with van der Waals surface area (Å²) in [6.07, 6.45) is 5.22. The van der Waals surface area contributed by atoms with Crippen molar-refractivity contribution in [3.05, 3.63) is 35.4 Å². The summed E-state index contributed by atoms with van der Waals surface area (Å²) in [4.78, 5) is 0. The lowest BCUT2D eigenvalue weighted by molar-refractivity contribution is 0.772. The molecule has 0 saturated heterocycles. The van der Waals surface area contributed by atoms with E-state index in [9.17, 15) is 0 Å². The van der Waals surface area contributed by atoms with Crippen LogP contribution in [0.1, 0.15) is 51.2 Å². The highest BCUT2D eigenvalue weighted by molar-refractivity contribution is 5.21. The molecule has 0 bridgehead atoms. The van der Waals surface area contributed by atoms with E-state index < -0.39 is 0 Å². The highest BCUT2D eigenvalue weighted by atomic mass is 13.9. The van der Waals surface area contributed by atoms with E-state index in [4.69, 9.17) is 0 Å². The number of rotatable bonds is 3. The molecule has 0 aromatic heterocycles. The minimum Gasteiger partial charge on any atom is -0.0654 e. The molecule has 0 unspecified atom stereocenters. The van der Waals surface area contributed by atoms with E-state index in [1.807, 2.05) is 0 Å². The number of hydrogen-bond acceptors (Lipinski definition) is 0. The molecule has 0 aliphatic heterocycles. The fraction of sp³-hybridized carbons (Fsp3) is 0.571.